The van der Waals surface area contributed by atoms with Gasteiger partial charge in [-0.05, 0) is 38.0 Å². The summed E-state index contributed by atoms with van der Waals surface area (Å²) in [5.74, 6) is 0.550. The Balaban J connectivity index is 2.51. The van der Waals surface area contributed by atoms with Crippen molar-refractivity contribution in [1.82, 2.24) is 0 Å². The lowest BCUT2D eigenvalue weighted by molar-refractivity contribution is -0.138. The molecule has 0 aromatic heterocycles. The van der Waals surface area contributed by atoms with Crippen molar-refractivity contribution in [1.29, 1.82) is 0 Å². The maximum absolute atomic E-state index is 12.2. The zero-order valence-electron chi connectivity index (χ0n) is 9.85. The maximum Gasteiger partial charge on any atom is 0.389 e. The highest BCUT2D eigenvalue weighted by Gasteiger charge is 2.30. The summed E-state index contributed by atoms with van der Waals surface area (Å²) in [7, 11) is 0. The van der Waals surface area contributed by atoms with Gasteiger partial charge >= 0.3 is 6.18 Å². The van der Waals surface area contributed by atoms with Crippen molar-refractivity contribution in [3.05, 3.63) is 23.8 Å². The predicted molar refractivity (Wildman–Crippen MR) is 60.1 cm³/mol. The second-order valence-electron chi connectivity index (χ2n) is 4.61. The molecule has 92 valence electrons. The highest BCUT2D eigenvalue weighted by atomic mass is 19.4. The summed E-state index contributed by atoms with van der Waals surface area (Å²) in [5, 5.41) is 0. The van der Waals surface area contributed by atoms with Crippen LogP contribution in [0.5, 0.6) is 0 Å². The molecule has 1 aliphatic rings. The number of hydrogen-bond acceptors (Lipinski definition) is 0. The zero-order chi connectivity index (χ0) is 12.2. The molecule has 0 aliphatic heterocycles. The topological polar surface area (TPSA) is 0 Å². The molecular weight excluding hydrogens is 213 g/mol. The number of halogens is 3. The third-order valence-electron chi connectivity index (χ3n) is 3.23. The van der Waals surface area contributed by atoms with Crippen molar-refractivity contribution < 1.29 is 13.2 Å². The van der Waals surface area contributed by atoms with E-state index in [0.717, 1.165) is 12.8 Å². The Labute approximate surface area is 95.2 Å². The second kappa shape index (κ2) is 5.55. The molecule has 1 rings (SSSR count). The van der Waals surface area contributed by atoms with E-state index in [2.05, 4.69) is 6.08 Å². The molecule has 0 nitrogen and oxygen atoms in total. The lowest BCUT2D eigenvalue weighted by Gasteiger charge is -2.28. The highest BCUT2D eigenvalue weighted by molar-refractivity contribution is 5.21. The monoisotopic (exact) mass is 232 g/mol. The molecule has 0 aromatic rings. The predicted octanol–water partition coefficient (Wildman–Crippen LogP) is 4.88. The largest absolute Gasteiger partial charge is 0.389 e. The fourth-order valence-corrected chi connectivity index (χ4v) is 2.20. The maximum atomic E-state index is 12.2. The Morgan fingerprint density at radius 2 is 2.12 bits per heavy atom. The van der Waals surface area contributed by atoms with Crippen LogP contribution in [-0.4, -0.2) is 6.18 Å². The molecule has 0 saturated heterocycles. The smallest absolute Gasteiger partial charge is 0.171 e. The molecule has 16 heavy (non-hydrogen) atoms. The van der Waals surface area contributed by atoms with Crippen molar-refractivity contribution in [3.63, 3.8) is 0 Å². The molecule has 0 saturated carbocycles. The lowest BCUT2D eigenvalue weighted by atomic mass is 9.78. The minimum Gasteiger partial charge on any atom is -0.171 e. The molecule has 0 aromatic carbocycles. The van der Waals surface area contributed by atoms with Gasteiger partial charge in [-0.1, -0.05) is 30.7 Å². The van der Waals surface area contributed by atoms with Crippen LogP contribution in [0.4, 0.5) is 13.2 Å². The number of alkyl halides is 3. The van der Waals surface area contributed by atoms with Crippen molar-refractivity contribution >= 4 is 0 Å². The Morgan fingerprint density at radius 3 is 2.69 bits per heavy atom. The van der Waals surface area contributed by atoms with Crippen molar-refractivity contribution in [2.45, 2.75) is 45.7 Å². The van der Waals surface area contributed by atoms with E-state index >= 15 is 0 Å². The van der Waals surface area contributed by atoms with Gasteiger partial charge in [0.2, 0.25) is 0 Å². The van der Waals surface area contributed by atoms with E-state index < -0.39 is 12.6 Å². The van der Waals surface area contributed by atoms with Crippen LogP contribution < -0.4 is 0 Å². The van der Waals surface area contributed by atoms with Gasteiger partial charge in [0.05, 0.1) is 0 Å². The van der Waals surface area contributed by atoms with E-state index in [-0.39, 0.29) is 12.3 Å². The normalized spacial score (nSPS) is 27.2. The molecule has 0 bridgehead atoms. The van der Waals surface area contributed by atoms with Crippen LogP contribution in [0, 0.1) is 11.8 Å². The molecule has 0 radical (unpaired) electrons. The molecule has 2 atom stereocenters. The molecule has 0 fully saturated rings. The van der Waals surface area contributed by atoms with E-state index in [0.29, 0.717) is 5.92 Å². The molecule has 1 unspecified atom stereocenters. The summed E-state index contributed by atoms with van der Waals surface area (Å²) in [6, 6.07) is 0. The summed E-state index contributed by atoms with van der Waals surface area (Å²) < 4.78 is 36.5. The Morgan fingerprint density at radius 1 is 1.44 bits per heavy atom. The Hall–Kier alpha value is -0.730. The SMILES string of the molecule is C/C=C\C1=CC[C@H](C)C(CCC(F)(F)F)C1. The van der Waals surface area contributed by atoms with E-state index in [1.165, 1.54) is 5.57 Å². The Bertz CT molecular complexity index is 273. The molecule has 0 N–H and O–H groups in total. The molecule has 0 heterocycles. The van der Waals surface area contributed by atoms with Crippen LogP contribution in [-0.2, 0) is 0 Å². The minimum atomic E-state index is -4.01. The van der Waals surface area contributed by atoms with Crippen LogP contribution in [0.1, 0.15) is 39.5 Å². The van der Waals surface area contributed by atoms with Gasteiger partial charge in [0.1, 0.15) is 0 Å². The standard InChI is InChI=1S/C13H19F3/c1-3-4-11-6-5-10(2)12(9-11)7-8-13(14,15)16/h3-4,6,10,12H,5,7-9H2,1-2H3/b4-3-/t10-,12?/m0/s1. The van der Waals surface area contributed by atoms with Gasteiger partial charge in [-0.2, -0.15) is 13.2 Å². The number of rotatable bonds is 3. The van der Waals surface area contributed by atoms with Gasteiger partial charge in [-0.15, -0.1) is 0 Å². The van der Waals surface area contributed by atoms with Crippen LogP contribution in [0.15, 0.2) is 23.8 Å². The number of hydrogen-bond donors (Lipinski definition) is 0. The fourth-order valence-electron chi connectivity index (χ4n) is 2.20. The van der Waals surface area contributed by atoms with Crippen molar-refractivity contribution in [2.75, 3.05) is 0 Å². The van der Waals surface area contributed by atoms with E-state index in [4.69, 9.17) is 0 Å². The third kappa shape index (κ3) is 4.42. The Kier molecular flexibility index (Phi) is 4.63. The number of allylic oxidation sites excluding steroid dienone is 4. The average Bonchev–Trinajstić information content (AvgIpc) is 2.18. The van der Waals surface area contributed by atoms with Gasteiger partial charge in [-0.25, -0.2) is 0 Å². The average molecular weight is 232 g/mol. The molecule has 0 amide bonds. The fraction of sp³-hybridized carbons (Fsp3) is 0.692. The van der Waals surface area contributed by atoms with Gasteiger partial charge < -0.3 is 0 Å². The first-order chi connectivity index (χ1) is 7.42. The van der Waals surface area contributed by atoms with Crippen molar-refractivity contribution in [2.24, 2.45) is 11.8 Å². The van der Waals surface area contributed by atoms with Gasteiger partial charge in [0.15, 0.2) is 0 Å². The van der Waals surface area contributed by atoms with E-state index in [1.54, 1.807) is 0 Å². The lowest BCUT2D eigenvalue weighted by Crippen LogP contribution is -2.19. The van der Waals surface area contributed by atoms with E-state index in [9.17, 15) is 13.2 Å². The van der Waals surface area contributed by atoms with Crippen LogP contribution >= 0.6 is 0 Å². The highest BCUT2D eigenvalue weighted by Crippen LogP contribution is 2.35. The van der Waals surface area contributed by atoms with Gasteiger partial charge in [0, 0.05) is 6.42 Å². The first-order valence-electron chi connectivity index (χ1n) is 5.81. The third-order valence-corrected chi connectivity index (χ3v) is 3.23. The first kappa shape index (κ1) is 13.3. The summed E-state index contributed by atoms with van der Waals surface area (Å²) in [6.45, 7) is 3.98. The van der Waals surface area contributed by atoms with Gasteiger partial charge in [0.25, 0.3) is 0 Å². The summed E-state index contributed by atoms with van der Waals surface area (Å²) in [6.07, 6.45) is 3.40. The minimum absolute atomic E-state index is 0.179. The van der Waals surface area contributed by atoms with Crippen LogP contribution in [0.3, 0.4) is 0 Å². The summed E-state index contributed by atoms with van der Waals surface area (Å²) in [5.41, 5.74) is 1.19. The molecule has 1 aliphatic carbocycles. The second-order valence-corrected chi connectivity index (χ2v) is 4.61. The van der Waals surface area contributed by atoms with Gasteiger partial charge in [-0.3, -0.25) is 0 Å². The molecule has 3 heteroatoms. The zero-order valence-corrected chi connectivity index (χ0v) is 9.85. The summed E-state index contributed by atoms with van der Waals surface area (Å²) >= 11 is 0. The van der Waals surface area contributed by atoms with Crippen LogP contribution in [0.2, 0.25) is 0 Å². The van der Waals surface area contributed by atoms with E-state index in [1.807, 2.05) is 26.0 Å². The van der Waals surface area contributed by atoms with Crippen LogP contribution in [0.25, 0.3) is 0 Å². The van der Waals surface area contributed by atoms with Crippen molar-refractivity contribution in [3.8, 4) is 0 Å². The summed E-state index contributed by atoms with van der Waals surface area (Å²) in [4.78, 5) is 0. The molecular formula is C13H19F3. The first-order valence-corrected chi connectivity index (χ1v) is 5.81. The molecule has 0 spiro atoms. The quantitative estimate of drug-likeness (QED) is 0.650.